The molecular formula is C22H21N5O2. The van der Waals surface area contributed by atoms with Crippen molar-refractivity contribution in [3.05, 3.63) is 72.6 Å². The molecule has 1 aliphatic rings. The fraction of sp³-hybridized carbons (Fsp3) is 0.182. The predicted octanol–water partition coefficient (Wildman–Crippen LogP) is 3.44. The van der Waals surface area contributed by atoms with Crippen LogP contribution in [-0.4, -0.2) is 46.7 Å². The van der Waals surface area contributed by atoms with Crippen molar-refractivity contribution in [2.24, 2.45) is 0 Å². The van der Waals surface area contributed by atoms with Gasteiger partial charge in [0, 0.05) is 42.4 Å². The van der Waals surface area contributed by atoms with Crippen LogP contribution in [0.5, 0.6) is 0 Å². The quantitative estimate of drug-likeness (QED) is 0.562. The van der Waals surface area contributed by atoms with E-state index < -0.39 is 0 Å². The Morgan fingerprint density at radius 2 is 1.86 bits per heavy atom. The summed E-state index contributed by atoms with van der Waals surface area (Å²) in [4.78, 5) is 22.9. The number of amides is 1. The molecule has 1 saturated heterocycles. The molecule has 0 spiro atoms. The molecule has 0 atom stereocenters. The van der Waals surface area contributed by atoms with Crippen molar-refractivity contribution < 1.29 is 9.53 Å². The minimum atomic E-state index is -0.147. The smallest absolute Gasteiger partial charge is 0.255 e. The number of anilines is 2. The van der Waals surface area contributed by atoms with Gasteiger partial charge in [-0.2, -0.15) is 0 Å². The Hall–Kier alpha value is -3.58. The third-order valence-corrected chi connectivity index (χ3v) is 5.05. The van der Waals surface area contributed by atoms with E-state index in [1.165, 1.54) is 0 Å². The summed E-state index contributed by atoms with van der Waals surface area (Å²) in [5.74, 6) is 0.692. The van der Waals surface area contributed by atoms with Crippen LogP contribution in [0.25, 0.3) is 16.7 Å². The van der Waals surface area contributed by atoms with Gasteiger partial charge < -0.3 is 24.5 Å². The molecule has 7 nitrogen and oxygen atoms in total. The van der Waals surface area contributed by atoms with Crippen molar-refractivity contribution >= 4 is 28.6 Å². The first kappa shape index (κ1) is 17.5. The maximum absolute atomic E-state index is 12.8. The number of ether oxygens (including phenoxy) is 1. The SMILES string of the molecule is O=C(Nc1ccc2nc(N3CCOCC3)[nH]c2c1)c1cccc(-n2cccc2)c1. The number of nitrogens with zero attached hydrogens (tertiary/aromatic N) is 3. The number of hydrogen-bond donors (Lipinski definition) is 2. The van der Waals surface area contributed by atoms with Crippen LogP contribution in [-0.2, 0) is 4.74 Å². The highest BCUT2D eigenvalue weighted by molar-refractivity contribution is 6.05. The molecule has 7 heteroatoms. The Balaban J connectivity index is 1.36. The van der Waals surface area contributed by atoms with Crippen molar-refractivity contribution in [2.75, 3.05) is 36.5 Å². The van der Waals surface area contributed by atoms with E-state index >= 15 is 0 Å². The highest BCUT2D eigenvalue weighted by Gasteiger charge is 2.15. The van der Waals surface area contributed by atoms with E-state index in [2.05, 4.69) is 20.2 Å². The fourth-order valence-corrected chi connectivity index (χ4v) is 3.52. The van der Waals surface area contributed by atoms with Crippen molar-refractivity contribution in [3.63, 3.8) is 0 Å². The van der Waals surface area contributed by atoms with E-state index in [0.717, 1.165) is 41.4 Å². The average molecular weight is 387 g/mol. The molecule has 4 aromatic rings. The third-order valence-electron chi connectivity index (χ3n) is 5.05. The number of fused-ring (bicyclic) bond motifs is 1. The van der Waals surface area contributed by atoms with Crippen LogP contribution in [0.2, 0.25) is 0 Å². The number of carbonyl (C=O) groups excluding carboxylic acids is 1. The van der Waals surface area contributed by atoms with Crippen LogP contribution >= 0.6 is 0 Å². The largest absolute Gasteiger partial charge is 0.378 e. The van der Waals surface area contributed by atoms with Gasteiger partial charge in [0.25, 0.3) is 5.91 Å². The van der Waals surface area contributed by atoms with E-state index in [9.17, 15) is 4.79 Å². The molecule has 1 aliphatic heterocycles. The van der Waals surface area contributed by atoms with E-state index in [4.69, 9.17) is 4.74 Å². The Morgan fingerprint density at radius 3 is 2.69 bits per heavy atom. The van der Waals surface area contributed by atoms with Crippen molar-refractivity contribution in [2.45, 2.75) is 0 Å². The van der Waals surface area contributed by atoms with Gasteiger partial charge in [-0.1, -0.05) is 6.07 Å². The highest BCUT2D eigenvalue weighted by Crippen LogP contribution is 2.22. The molecule has 0 saturated carbocycles. The van der Waals surface area contributed by atoms with Crippen molar-refractivity contribution in [3.8, 4) is 5.69 Å². The number of H-pyrrole nitrogens is 1. The number of carbonyl (C=O) groups is 1. The Bertz CT molecular complexity index is 1140. The maximum Gasteiger partial charge on any atom is 0.255 e. The lowest BCUT2D eigenvalue weighted by molar-refractivity contribution is 0.102. The van der Waals surface area contributed by atoms with E-state index in [1.54, 1.807) is 0 Å². The number of morpholine rings is 1. The van der Waals surface area contributed by atoms with Crippen LogP contribution in [0.15, 0.2) is 67.0 Å². The Labute approximate surface area is 167 Å². The van der Waals surface area contributed by atoms with Gasteiger partial charge in [0.15, 0.2) is 0 Å². The molecule has 5 rings (SSSR count). The molecule has 3 heterocycles. The van der Waals surface area contributed by atoms with Crippen LogP contribution in [0.3, 0.4) is 0 Å². The average Bonchev–Trinajstić information content (AvgIpc) is 3.44. The van der Waals surface area contributed by atoms with Crippen molar-refractivity contribution in [1.82, 2.24) is 14.5 Å². The minimum Gasteiger partial charge on any atom is -0.378 e. The first-order valence-electron chi connectivity index (χ1n) is 9.63. The molecule has 0 unspecified atom stereocenters. The van der Waals surface area contributed by atoms with Gasteiger partial charge >= 0.3 is 0 Å². The number of aromatic amines is 1. The van der Waals surface area contributed by atoms with Gasteiger partial charge in [-0.05, 0) is 48.5 Å². The summed E-state index contributed by atoms with van der Waals surface area (Å²) in [5, 5.41) is 2.98. The zero-order valence-corrected chi connectivity index (χ0v) is 15.8. The van der Waals surface area contributed by atoms with Gasteiger partial charge in [-0.3, -0.25) is 4.79 Å². The second-order valence-electron chi connectivity index (χ2n) is 6.99. The zero-order valence-electron chi connectivity index (χ0n) is 15.8. The lowest BCUT2D eigenvalue weighted by Crippen LogP contribution is -2.36. The summed E-state index contributed by atoms with van der Waals surface area (Å²) in [6.07, 6.45) is 3.91. The second-order valence-corrected chi connectivity index (χ2v) is 6.99. The van der Waals surface area contributed by atoms with Crippen LogP contribution < -0.4 is 10.2 Å². The predicted molar refractivity (Wildman–Crippen MR) is 113 cm³/mol. The monoisotopic (exact) mass is 387 g/mol. The topological polar surface area (TPSA) is 75.2 Å². The molecule has 0 bridgehead atoms. The van der Waals surface area contributed by atoms with Crippen LogP contribution in [0.1, 0.15) is 10.4 Å². The van der Waals surface area contributed by atoms with Gasteiger partial charge in [-0.25, -0.2) is 4.98 Å². The second kappa shape index (κ2) is 7.44. The van der Waals surface area contributed by atoms with E-state index in [1.807, 2.05) is 71.6 Å². The summed E-state index contributed by atoms with van der Waals surface area (Å²) in [5.41, 5.74) is 4.05. The summed E-state index contributed by atoms with van der Waals surface area (Å²) in [7, 11) is 0. The molecular weight excluding hydrogens is 366 g/mol. The molecule has 2 aromatic heterocycles. The standard InChI is InChI=1S/C22H21N5O2/c28-21(16-4-3-5-18(14-16)26-8-1-2-9-26)23-17-6-7-19-20(15-17)25-22(24-19)27-10-12-29-13-11-27/h1-9,14-15H,10-13H2,(H,23,28)(H,24,25). The number of imidazole rings is 1. The molecule has 2 aromatic carbocycles. The molecule has 0 aliphatic carbocycles. The lowest BCUT2D eigenvalue weighted by atomic mass is 10.1. The summed E-state index contributed by atoms with van der Waals surface area (Å²) >= 11 is 0. The van der Waals surface area contributed by atoms with E-state index in [0.29, 0.717) is 18.8 Å². The van der Waals surface area contributed by atoms with Gasteiger partial charge in [-0.15, -0.1) is 0 Å². The minimum absolute atomic E-state index is 0.147. The summed E-state index contributed by atoms with van der Waals surface area (Å²) in [6.45, 7) is 3.06. The molecule has 0 radical (unpaired) electrons. The third kappa shape index (κ3) is 3.60. The van der Waals surface area contributed by atoms with Gasteiger partial charge in [0.2, 0.25) is 5.95 Å². The fourth-order valence-electron chi connectivity index (χ4n) is 3.52. The first-order valence-corrected chi connectivity index (χ1v) is 9.63. The normalized spacial score (nSPS) is 14.3. The van der Waals surface area contributed by atoms with Crippen molar-refractivity contribution in [1.29, 1.82) is 0 Å². The highest BCUT2D eigenvalue weighted by atomic mass is 16.5. The summed E-state index contributed by atoms with van der Waals surface area (Å²) in [6, 6.07) is 17.2. The zero-order chi connectivity index (χ0) is 19.6. The van der Waals surface area contributed by atoms with Gasteiger partial charge in [0.05, 0.1) is 24.2 Å². The number of aromatic nitrogens is 3. The van der Waals surface area contributed by atoms with Gasteiger partial charge in [0.1, 0.15) is 0 Å². The number of nitrogens with one attached hydrogen (secondary N) is 2. The molecule has 1 fully saturated rings. The molecule has 146 valence electrons. The Morgan fingerprint density at radius 1 is 1.03 bits per heavy atom. The number of benzene rings is 2. The summed E-state index contributed by atoms with van der Waals surface area (Å²) < 4.78 is 7.37. The number of hydrogen-bond acceptors (Lipinski definition) is 4. The Kier molecular flexibility index (Phi) is 4.50. The van der Waals surface area contributed by atoms with E-state index in [-0.39, 0.29) is 5.91 Å². The van der Waals surface area contributed by atoms with Crippen LogP contribution in [0, 0.1) is 0 Å². The van der Waals surface area contributed by atoms with Crippen LogP contribution in [0.4, 0.5) is 11.6 Å². The number of rotatable bonds is 4. The molecule has 2 N–H and O–H groups in total. The first-order chi connectivity index (χ1) is 14.3. The molecule has 29 heavy (non-hydrogen) atoms. The molecule has 1 amide bonds. The maximum atomic E-state index is 12.8. The lowest BCUT2D eigenvalue weighted by Gasteiger charge is -2.26.